The predicted octanol–water partition coefficient (Wildman–Crippen LogP) is 4.75. The minimum atomic E-state index is -4.64. The van der Waals surface area contributed by atoms with Gasteiger partial charge in [0.15, 0.2) is 0 Å². The first-order valence-electron chi connectivity index (χ1n) is 5.87. The third-order valence-corrected chi connectivity index (χ3v) is 2.42. The lowest BCUT2D eigenvalue weighted by molar-refractivity contribution is -0.274. The normalized spacial score (nSPS) is 12.3. The second kappa shape index (κ2) is 5.63. The highest BCUT2D eigenvalue weighted by atomic mass is 19.4. The molecule has 0 bridgehead atoms. The average molecular weight is 259 g/mol. The summed E-state index contributed by atoms with van der Waals surface area (Å²) in [7, 11) is 0. The van der Waals surface area contributed by atoms with E-state index >= 15 is 0 Å². The molecule has 101 valence electrons. The fourth-order valence-corrected chi connectivity index (χ4v) is 1.73. The van der Waals surface area contributed by atoms with Crippen LogP contribution in [0.15, 0.2) is 18.2 Å². The van der Waals surface area contributed by atoms with E-state index < -0.39 is 6.36 Å². The summed E-state index contributed by atoms with van der Waals surface area (Å²) in [6.45, 7) is 7.79. The van der Waals surface area contributed by atoms with Crippen molar-refractivity contribution in [1.82, 2.24) is 0 Å². The lowest BCUT2D eigenvalue weighted by atomic mass is 9.96. The Labute approximate surface area is 106 Å². The van der Waals surface area contributed by atoms with Crippen LogP contribution in [-0.2, 0) is 6.42 Å². The molecule has 0 aromatic heterocycles. The Balaban J connectivity index is 3.06. The van der Waals surface area contributed by atoms with E-state index in [4.69, 9.17) is 0 Å². The van der Waals surface area contributed by atoms with E-state index in [1.54, 1.807) is 0 Å². The number of hydrogen-bond acceptors (Lipinski definition) is 1. The molecule has 0 fully saturated rings. The molecule has 4 heteroatoms. The SMILES string of the molecule is C[C](C)c1cc(CC(C)C)cc(OC(F)(F)F)c1. The minimum Gasteiger partial charge on any atom is -0.406 e. The summed E-state index contributed by atoms with van der Waals surface area (Å²) < 4.78 is 40.7. The van der Waals surface area contributed by atoms with Crippen LogP contribution in [0.3, 0.4) is 0 Å². The molecule has 0 heterocycles. The van der Waals surface area contributed by atoms with E-state index in [9.17, 15) is 13.2 Å². The first-order valence-corrected chi connectivity index (χ1v) is 5.87. The number of alkyl halides is 3. The smallest absolute Gasteiger partial charge is 0.406 e. The standard InChI is InChI=1S/C14H18F3O/c1-9(2)5-11-6-12(10(3)4)8-13(7-11)18-14(15,16)17/h6-9H,5H2,1-4H3. The lowest BCUT2D eigenvalue weighted by Crippen LogP contribution is -2.17. The van der Waals surface area contributed by atoms with Gasteiger partial charge in [-0.1, -0.05) is 33.8 Å². The molecule has 0 unspecified atom stereocenters. The fraction of sp³-hybridized carbons (Fsp3) is 0.500. The molecule has 1 nitrogen and oxygen atoms in total. The van der Waals surface area contributed by atoms with Gasteiger partial charge in [-0.3, -0.25) is 0 Å². The molecule has 0 spiro atoms. The summed E-state index contributed by atoms with van der Waals surface area (Å²) in [6.07, 6.45) is -3.91. The van der Waals surface area contributed by atoms with Crippen LogP contribution in [-0.4, -0.2) is 6.36 Å². The Hall–Kier alpha value is -1.19. The van der Waals surface area contributed by atoms with E-state index in [-0.39, 0.29) is 5.75 Å². The number of rotatable bonds is 4. The zero-order chi connectivity index (χ0) is 13.9. The van der Waals surface area contributed by atoms with Crippen molar-refractivity contribution < 1.29 is 17.9 Å². The van der Waals surface area contributed by atoms with Crippen LogP contribution in [0.2, 0.25) is 0 Å². The van der Waals surface area contributed by atoms with Gasteiger partial charge >= 0.3 is 6.36 Å². The highest BCUT2D eigenvalue weighted by Gasteiger charge is 2.31. The Morgan fingerprint density at radius 1 is 1.17 bits per heavy atom. The van der Waals surface area contributed by atoms with Crippen LogP contribution in [0, 0.1) is 11.8 Å². The van der Waals surface area contributed by atoms with Crippen LogP contribution in [0.1, 0.15) is 38.8 Å². The molecule has 0 N–H and O–H groups in total. The zero-order valence-electron chi connectivity index (χ0n) is 11.1. The zero-order valence-corrected chi connectivity index (χ0v) is 11.1. The lowest BCUT2D eigenvalue weighted by Gasteiger charge is -2.15. The van der Waals surface area contributed by atoms with Gasteiger partial charge in [-0.05, 0) is 41.5 Å². The molecule has 1 aromatic rings. The van der Waals surface area contributed by atoms with Crippen LogP contribution < -0.4 is 4.74 Å². The third kappa shape index (κ3) is 4.98. The molecule has 0 saturated heterocycles. The highest BCUT2D eigenvalue weighted by molar-refractivity contribution is 5.40. The Kier molecular flexibility index (Phi) is 4.65. The average Bonchev–Trinajstić information content (AvgIpc) is 2.12. The predicted molar refractivity (Wildman–Crippen MR) is 65.4 cm³/mol. The third-order valence-electron chi connectivity index (χ3n) is 2.42. The van der Waals surface area contributed by atoms with Gasteiger partial charge in [0, 0.05) is 0 Å². The molecule has 0 aliphatic carbocycles. The molecule has 1 aromatic carbocycles. The van der Waals surface area contributed by atoms with Crippen molar-refractivity contribution in [1.29, 1.82) is 0 Å². The van der Waals surface area contributed by atoms with Crippen molar-refractivity contribution in [3.63, 3.8) is 0 Å². The second-order valence-corrected chi connectivity index (χ2v) is 5.01. The summed E-state index contributed by atoms with van der Waals surface area (Å²) in [5, 5.41) is 0. The summed E-state index contributed by atoms with van der Waals surface area (Å²) in [4.78, 5) is 0. The molecule has 0 aliphatic heterocycles. The van der Waals surface area contributed by atoms with Gasteiger partial charge < -0.3 is 4.74 Å². The van der Waals surface area contributed by atoms with Crippen molar-refractivity contribution in [2.24, 2.45) is 5.92 Å². The van der Waals surface area contributed by atoms with Gasteiger partial charge in [0.1, 0.15) is 5.75 Å². The molecule has 0 atom stereocenters. The fourth-order valence-electron chi connectivity index (χ4n) is 1.73. The van der Waals surface area contributed by atoms with Crippen LogP contribution in [0.4, 0.5) is 13.2 Å². The largest absolute Gasteiger partial charge is 0.573 e. The van der Waals surface area contributed by atoms with Gasteiger partial charge in [0.05, 0.1) is 0 Å². The van der Waals surface area contributed by atoms with E-state index in [0.717, 1.165) is 23.5 Å². The number of hydrogen-bond donors (Lipinski definition) is 0. The van der Waals surface area contributed by atoms with Crippen molar-refractivity contribution in [2.75, 3.05) is 0 Å². The maximum atomic E-state index is 12.2. The second-order valence-electron chi connectivity index (χ2n) is 5.01. The van der Waals surface area contributed by atoms with Crippen LogP contribution in [0.25, 0.3) is 0 Å². The van der Waals surface area contributed by atoms with E-state index in [0.29, 0.717) is 5.92 Å². The van der Waals surface area contributed by atoms with E-state index in [1.807, 2.05) is 33.8 Å². The van der Waals surface area contributed by atoms with E-state index in [1.165, 1.54) is 12.1 Å². The topological polar surface area (TPSA) is 9.23 Å². The minimum absolute atomic E-state index is 0.142. The highest BCUT2D eigenvalue weighted by Crippen LogP contribution is 2.28. The summed E-state index contributed by atoms with van der Waals surface area (Å²) >= 11 is 0. The number of ether oxygens (including phenoxy) is 1. The Bertz CT molecular complexity index is 395. The quantitative estimate of drug-likeness (QED) is 0.758. The monoisotopic (exact) mass is 259 g/mol. The van der Waals surface area contributed by atoms with Crippen LogP contribution >= 0.6 is 0 Å². The molecule has 0 aliphatic rings. The first-order chi connectivity index (χ1) is 8.17. The molecule has 1 rings (SSSR count). The van der Waals surface area contributed by atoms with Gasteiger partial charge in [-0.25, -0.2) is 0 Å². The summed E-state index contributed by atoms with van der Waals surface area (Å²) in [5.41, 5.74) is 1.65. The van der Waals surface area contributed by atoms with Gasteiger partial charge in [-0.15, -0.1) is 13.2 Å². The molecule has 18 heavy (non-hydrogen) atoms. The summed E-state index contributed by atoms with van der Waals surface area (Å²) in [6, 6.07) is 4.80. The molecular weight excluding hydrogens is 241 g/mol. The first kappa shape index (κ1) is 14.9. The Morgan fingerprint density at radius 3 is 2.22 bits per heavy atom. The Morgan fingerprint density at radius 2 is 1.78 bits per heavy atom. The van der Waals surface area contributed by atoms with Crippen molar-refractivity contribution >= 4 is 0 Å². The van der Waals surface area contributed by atoms with Crippen LogP contribution in [0.5, 0.6) is 5.75 Å². The molecule has 0 saturated carbocycles. The molecule has 0 amide bonds. The van der Waals surface area contributed by atoms with Crippen molar-refractivity contribution in [3.8, 4) is 5.75 Å². The van der Waals surface area contributed by atoms with Gasteiger partial charge in [-0.2, -0.15) is 0 Å². The molecule has 1 radical (unpaired) electrons. The van der Waals surface area contributed by atoms with Crippen molar-refractivity contribution in [3.05, 3.63) is 35.2 Å². The maximum absolute atomic E-state index is 12.2. The van der Waals surface area contributed by atoms with Gasteiger partial charge in [0.2, 0.25) is 0 Å². The number of benzene rings is 1. The summed E-state index contributed by atoms with van der Waals surface area (Å²) in [5.74, 6) is 1.21. The van der Waals surface area contributed by atoms with Crippen molar-refractivity contribution in [2.45, 2.75) is 40.5 Å². The van der Waals surface area contributed by atoms with E-state index in [2.05, 4.69) is 4.74 Å². The number of halogens is 3. The molecular formula is C14H18F3O. The maximum Gasteiger partial charge on any atom is 0.573 e. The van der Waals surface area contributed by atoms with Gasteiger partial charge in [0.25, 0.3) is 0 Å².